The molecule has 30 heavy (non-hydrogen) atoms. The summed E-state index contributed by atoms with van der Waals surface area (Å²) in [5.74, 6) is 0.420. The molecule has 0 bridgehead atoms. The molecular weight excluding hydrogens is 394 g/mol. The minimum Gasteiger partial charge on any atom is -0.256 e. The third kappa shape index (κ3) is 3.58. The minimum atomic E-state index is 0.420. The van der Waals surface area contributed by atoms with Gasteiger partial charge in [0.15, 0.2) is 0 Å². The van der Waals surface area contributed by atoms with Crippen LogP contribution < -0.4 is 5.43 Å². The second-order valence-electron chi connectivity index (χ2n) is 6.71. The molecule has 0 aliphatic rings. The fourth-order valence-electron chi connectivity index (χ4n) is 3.35. The highest BCUT2D eigenvalue weighted by Crippen LogP contribution is 2.28. The summed E-state index contributed by atoms with van der Waals surface area (Å²) < 4.78 is 0. The number of nitrogens with zero attached hydrogens (tertiary/aromatic N) is 4. The van der Waals surface area contributed by atoms with Crippen LogP contribution in [-0.4, -0.2) is 21.2 Å². The molecule has 2 heterocycles. The fourth-order valence-corrected chi connectivity index (χ4v) is 3.47. The maximum Gasteiger partial charge on any atom is 0.244 e. The Balaban J connectivity index is 1.51. The second kappa shape index (κ2) is 7.89. The first kappa shape index (κ1) is 18.2. The average molecular weight is 410 g/mol. The van der Waals surface area contributed by atoms with Gasteiger partial charge in [-0.05, 0) is 24.3 Å². The quantitative estimate of drug-likeness (QED) is 0.294. The SMILES string of the molecule is Clc1ccc(-c2nc(NN=Cc3cccc4cccnc34)nc3ccccc23)cc1. The second-order valence-corrected chi connectivity index (χ2v) is 7.15. The van der Waals surface area contributed by atoms with Crippen LogP contribution in [0, 0.1) is 0 Å². The zero-order chi connectivity index (χ0) is 20.3. The largest absolute Gasteiger partial charge is 0.256 e. The van der Waals surface area contributed by atoms with E-state index in [9.17, 15) is 0 Å². The van der Waals surface area contributed by atoms with E-state index in [1.807, 2.05) is 78.9 Å². The number of nitrogens with one attached hydrogen (secondary N) is 1. The lowest BCUT2D eigenvalue weighted by Crippen LogP contribution is -2.00. The first-order chi connectivity index (χ1) is 14.8. The smallest absolute Gasteiger partial charge is 0.244 e. The number of benzene rings is 3. The van der Waals surface area contributed by atoms with Gasteiger partial charge >= 0.3 is 0 Å². The maximum absolute atomic E-state index is 6.05. The summed E-state index contributed by atoms with van der Waals surface area (Å²) in [5.41, 5.74) is 7.39. The first-order valence-electron chi connectivity index (χ1n) is 9.43. The van der Waals surface area contributed by atoms with Crippen LogP contribution in [0.25, 0.3) is 33.1 Å². The monoisotopic (exact) mass is 409 g/mol. The molecular formula is C24H16ClN5. The lowest BCUT2D eigenvalue weighted by molar-refractivity contribution is 1.16. The number of hydrogen-bond donors (Lipinski definition) is 1. The van der Waals surface area contributed by atoms with Crippen molar-refractivity contribution >= 4 is 45.6 Å². The van der Waals surface area contributed by atoms with Crippen molar-refractivity contribution in [3.63, 3.8) is 0 Å². The predicted octanol–water partition coefficient (Wildman–Crippen LogP) is 5.94. The van der Waals surface area contributed by atoms with E-state index in [-0.39, 0.29) is 0 Å². The van der Waals surface area contributed by atoms with E-state index in [1.54, 1.807) is 12.4 Å². The molecule has 2 aromatic heterocycles. The summed E-state index contributed by atoms with van der Waals surface area (Å²) in [5, 5.41) is 7.07. The van der Waals surface area contributed by atoms with Crippen molar-refractivity contribution in [3.05, 3.63) is 95.6 Å². The Kier molecular flexibility index (Phi) is 4.79. The van der Waals surface area contributed by atoms with Crippen molar-refractivity contribution in [3.8, 4) is 11.3 Å². The van der Waals surface area contributed by atoms with Crippen LogP contribution in [0.5, 0.6) is 0 Å². The van der Waals surface area contributed by atoms with Crippen molar-refractivity contribution in [1.82, 2.24) is 15.0 Å². The van der Waals surface area contributed by atoms with E-state index in [1.165, 1.54) is 0 Å². The molecule has 1 N–H and O–H groups in total. The van der Waals surface area contributed by atoms with Crippen LogP contribution in [0.1, 0.15) is 5.56 Å². The van der Waals surface area contributed by atoms with Crippen LogP contribution in [0.4, 0.5) is 5.95 Å². The van der Waals surface area contributed by atoms with Gasteiger partial charge in [-0.1, -0.05) is 66.2 Å². The molecule has 0 unspecified atom stereocenters. The van der Waals surface area contributed by atoms with Gasteiger partial charge in [-0.2, -0.15) is 5.10 Å². The van der Waals surface area contributed by atoms with Gasteiger partial charge in [0.2, 0.25) is 5.95 Å². The van der Waals surface area contributed by atoms with Crippen LogP contribution >= 0.6 is 11.6 Å². The summed E-state index contributed by atoms with van der Waals surface area (Å²) in [6.45, 7) is 0. The lowest BCUT2D eigenvalue weighted by atomic mass is 10.1. The van der Waals surface area contributed by atoms with Crippen molar-refractivity contribution in [2.45, 2.75) is 0 Å². The van der Waals surface area contributed by atoms with Crippen molar-refractivity contribution < 1.29 is 0 Å². The van der Waals surface area contributed by atoms with Gasteiger partial charge < -0.3 is 0 Å². The number of aromatic nitrogens is 3. The van der Waals surface area contributed by atoms with Crippen LogP contribution in [0.15, 0.2) is 90.2 Å². The Hall–Kier alpha value is -3.83. The Bertz CT molecular complexity index is 1370. The zero-order valence-electron chi connectivity index (χ0n) is 15.8. The Morgan fingerprint density at radius 2 is 1.67 bits per heavy atom. The van der Waals surface area contributed by atoms with Crippen LogP contribution in [-0.2, 0) is 0 Å². The van der Waals surface area contributed by atoms with Crippen molar-refractivity contribution in [2.75, 3.05) is 5.43 Å². The van der Waals surface area contributed by atoms with Gasteiger partial charge in [-0.25, -0.2) is 15.4 Å². The summed E-state index contributed by atoms with van der Waals surface area (Å²) in [4.78, 5) is 13.7. The summed E-state index contributed by atoms with van der Waals surface area (Å²) in [6, 6.07) is 25.4. The molecule has 5 rings (SSSR count). The third-order valence-electron chi connectivity index (χ3n) is 4.75. The third-order valence-corrected chi connectivity index (χ3v) is 5.00. The van der Waals surface area contributed by atoms with Crippen LogP contribution in [0.3, 0.4) is 0 Å². The van der Waals surface area contributed by atoms with Gasteiger partial charge in [0.1, 0.15) is 0 Å². The topological polar surface area (TPSA) is 63.1 Å². The normalized spacial score (nSPS) is 11.4. The lowest BCUT2D eigenvalue weighted by Gasteiger charge is -2.08. The Morgan fingerprint density at radius 1 is 0.833 bits per heavy atom. The number of hydrogen-bond acceptors (Lipinski definition) is 5. The number of hydrazone groups is 1. The number of anilines is 1. The molecule has 0 fully saturated rings. The molecule has 0 spiro atoms. The first-order valence-corrected chi connectivity index (χ1v) is 9.81. The number of pyridine rings is 1. The van der Waals surface area contributed by atoms with Crippen molar-refractivity contribution in [2.24, 2.45) is 5.10 Å². The molecule has 0 amide bonds. The number of fused-ring (bicyclic) bond motifs is 2. The van der Waals surface area contributed by atoms with E-state index < -0.39 is 0 Å². The molecule has 144 valence electrons. The Morgan fingerprint density at radius 3 is 2.57 bits per heavy atom. The van der Waals surface area contributed by atoms with E-state index in [2.05, 4.69) is 20.5 Å². The van der Waals surface area contributed by atoms with E-state index in [0.717, 1.165) is 38.6 Å². The van der Waals surface area contributed by atoms with Crippen molar-refractivity contribution in [1.29, 1.82) is 0 Å². The zero-order valence-corrected chi connectivity index (χ0v) is 16.6. The van der Waals surface area contributed by atoms with E-state index in [0.29, 0.717) is 11.0 Å². The molecule has 3 aromatic carbocycles. The standard InChI is InChI=1S/C24H16ClN5/c25-19-12-10-17(11-13-19)23-20-8-1-2-9-21(20)28-24(29-23)30-27-15-18-6-3-5-16-7-4-14-26-22(16)18/h1-15H,(H,28,29,30). The predicted molar refractivity (Wildman–Crippen MR) is 123 cm³/mol. The Labute approximate surface area is 178 Å². The number of para-hydroxylation sites is 2. The highest BCUT2D eigenvalue weighted by atomic mass is 35.5. The molecule has 5 aromatic rings. The summed E-state index contributed by atoms with van der Waals surface area (Å²) in [6.07, 6.45) is 3.51. The molecule has 0 aliphatic heterocycles. The highest BCUT2D eigenvalue weighted by molar-refractivity contribution is 6.30. The average Bonchev–Trinajstić information content (AvgIpc) is 2.79. The molecule has 0 saturated heterocycles. The fraction of sp³-hybridized carbons (Fsp3) is 0. The minimum absolute atomic E-state index is 0.420. The van der Waals surface area contributed by atoms with E-state index >= 15 is 0 Å². The van der Waals surface area contributed by atoms with Gasteiger partial charge in [0, 0.05) is 33.1 Å². The van der Waals surface area contributed by atoms with Gasteiger partial charge in [0.05, 0.1) is 22.9 Å². The molecule has 0 saturated carbocycles. The molecule has 0 radical (unpaired) electrons. The molecule has 6 heteroatoms. The molecule has 0 aliphatic carbocycles. The number of halogens is 1. The summed E-state index contributed by atoms with van der Waals surface area (Å²) in [7, 11) is 0. The van der Waals surface area contributed by atoms with E-state index in [4.69, 9.17) is 16.6 Å². The summed E-state index contributed by atoms with van der Waals surface area (Å²) >= 11 is 6.05. The molecule has 5 nitrogen and oxygen atoms in total. The van der Waals surface area contributed by atoms with Crippen LogP contribution in [0.2, 0.25) is 5.02 Å². The molecule has 0 atom stereocenters. The maximum atomic E-state index is 6.05. The van der Waals surface area contributed by atoms with Gasteiger partial charge in [0.25, 0.3) is 0 Å². The van der Waals surface area contributed by atoms with Gasteiger partial charge in [-0.3, -0.25) is 4.98 Å². The van der Waals surface area contributed by atoms with Gasteiger partial charge in [-0.15, -0.1) is 0 Å². The highest BCUT2D eigenvalue weighted by Gasteiger charge is 2.09. The number of rotatable bonds is 4.